The minimum Gasteiger partial charge on any atom is -0.442 e. The van der Waals surface area contributed by atoms with Crippen molar-refractivity contribution in [1.29, 1.82) is 5.26 Å². The van der Waals surface area contributed by atoms with Gasteiger partial charge in [0.1, 0.15) is 23.4 Å². The van der Waals surface area contributed by atoms with E-state index in [-0.39, 0.29) is 46.3 Å². The van der Waals surface area contributed by atoms with Crippen LogP contribution in [0.15, 0.2) is 235 Å². The maximum absolute atomic E-state index is 12.7. The highest BCUT2D eigenvalue weighted by atomic mass is 79.9. The fourth-order valence-electron chi connectivity index (χ4n) is 8.55. The fourth-order valence-corrected chi connectivity index (χ4v) is 8.81. The topological polar surface area (TPSA) is 114 Å². The highest BCUT2D eigenvalue weighted by Gasteiger charge is 2.41. The number of amides is 2. The van der Waals surface area contributed by atoms with E-state index in [1.54, 1.807) is 41.3 Å². The van der Waals surface area contributed by atoms with Crippen LogP contribution in [0.25, 0.3) is 4.85 Å². The third-order valence-corrected chi connectivity index (χ3v) is 12.5. The summed E-state index contributed by atoms with van der Waals surface area (Å²) >= 11 is 3.27. The third-order valence-electron chi connectivity index (χ3n) is 11.9. The molecule has 13 heteroatoms. The molecule has 0 bridgehead atoms. The largest absolute Gasteiger partial charge is 0.442 e. The first-order valence-electron chi connectivity index (χ1n) is 23.0. The molecule has 2 atom stereocenters. The van der Waals surface area contributed by atoms with E-state index in [9.17, 15) is 9.59 Å². The van der Waals surface area contributed by atoms with Crippen LogP contribution in [0.3, 0.4) is 0 Å². The van der Waals surface area contributed by atoms with E-state index >= 15 is 0 Å². The molecule has 368 valence electrons. The number of carbonyl (C=O) groups is 2. The average molecular weight is 1070 g/mol. The second-order valence-electron chi connectivity index (χ2n) is 16.5. The molecule has 0 aromatic heterocycles. The number of hydrogen-bond acceptors (Lipinski definition) is 7. The van der Waals surface area contributed by atoms with Crippen LogP contribution in [0.5, 0.6) is 0 Å². The normalized spacial score (nSPS) is 14.6. The predicted octanol–water partition coefficient (Wildman–Crippen LogP) is 13.2. The van der Waals surface area contributed by atoms with Gasteiger partial charge in [-0.1, -0.05) is 222 Å². The first-order valence-corrected chi connectivity index (χ1v) is 23.8. The van der Waals surface area contributed by atoms with Gasteiger partial charge >= 0.3 is 12.2 Å². The van der Waals surface area contributed by atoms with Crippen molar-refractivity contribution in [2.45, 2.75) is 23.4 Å². The molecule has 2 heterocycles. The molecular weight excluding hydrogens is 1020 g/mol. The van der Waals surface area contributed by atoms with Gasteiger partial charge in [0.25, 0.3) is 0 Å². The molecule has 2 saturated heterocycles. The number of carbonyl (C=O) groups excluding carboxylic acids is 2. The first kappa shape index (κ1) is 54.7. The van der Waals surface area contributed by atoms with Crippen LogP contribution < -0.4 is 10.2 Å². The summed E-state index contributed by atoms with van der Waals surface area (Å²) in [6.45, 7) is 7.93. The number of nitrogens with zero attached hydrogens (tertiary/aromatic N) is 3. The molecule has 1 N–H and O–H groups in total. The van der Waals surface area contributed by atoms with Gasteiger partial charge in [0.2, 0.25) is 0 Å². The number of cyclic esters (lactones) is 2. The van der Waals surface area contributed by atoms with Crippen molar-refractivity contribution in [2.24, 2.45) is 0 Å². The molecule has 0 unspecified atom stereocenters. The van der Waals surface area contributed by atoms with E-state index in [2.05, 4.69) is 105 Å². The van der Waals surface area contributed by atoms with E-state index in [1.165, 1.54) is 0 Å². The minimum absolute atomic E-state index is 0. The van der Waals surface area contributed by atoms with Crippen molar-refractivity contribution in [3.8, 4) is 6.07 Å². The van der Waals surface area contributed by atoms with Crippen LogP contribution in [0.4, 0.5) is 21.0 Å². The number of anilines is 1. The first-order chi connectivity index (χ1) is 34.8. The van der Waals surface area contributed by atoms with Crippen molar-refractivity contribution in [3.05, 3.63) is 285 Å². The highest BCUT2D eigenvalue weighted by molar-refractivity contribution is 9.10. The van der Waals surface area contributed by atoms with Gasteiger partial charge in [0, 0.05) is 10.2 Å². The Morgan fingerprint density at radius 1 is 0.562 bits per heavy atom. The number of alkyl carbamates (subject to hydrolysis) is 1. The van der Waals surface area contributed by atoms with Crippen LogP contribution in [0.2, 0.25) is 0 Å². The van der Waals surface area contributed by atoms with E-state index < -0.39 is 29.5 Å². The number of benzene rings is 8. The average Bonchev–Trinajstić information content (AvgIpc) is 4.05. The van der Waals surface area contributed by atoms with Crippen LogP contribution in [-0.2, 0) is 30.1 Å². The fraction of sp³-hybridized carbons (Fsp3) is 0.133. The van der Waals surface area contributed by atoms with Crippen molar-refractivity contribution >= 4 is 66.5 Å². The zero-order valence-electron chi connectivity index (χ0n) is 39.6. The Bertz CT molecular complexity index is 2850. The molecule has 10 rings (SSSR count). The SMILES string of the molecule is N#Cc1ccc(N2C[C@@H](COC(c3ccccc3)(c3ccccc3)c3ccccc3)OC2=O)cc1.O=C1NC[C@@H](COC(c2ccccc2)(c2ccccc2)c2ccccc2)O1.S.S.[C-]#[N+]c1ccc(Br)cc1. The Labute approximate surface area is 449 Å². The second kappa shape index (κ2) is 26.7. The van der Waals surface area contributed by atoms with Gasteiger partial charge in [0.15, 0.2) is 5.69 Å². The van der Waals surface area contributed by atoms with Crippen LogP contribution in [0, 0.1) is 17.9 Å². The molecule has 0 aliphatic carbocycles. The lowest BCUT2D eigenvalue weighted by Gasteiger charge is -2.36. The smallest absolute Gasteiger partial charge is 0.414 e. The molecular formula is C60H53BrN4O6S2. The van der Waals surface area contributed by atoms with Crippen LogP contribution in [0.1, 0.15) is 38.9 Å². The van der Waals surface area contributed by atoms with Gasteiger partial charge in [-0.3, -0.25) is 4.90 Å². The number of nitriles is 1. The molecule has 0 radical (unpaired) electrons. The lowest BCUT2D eigenvalue weighted by molar-refractivity contribution is -0.0296. The molecule has 2 aliphatic heterocycles. The molecule has 2 aliphatic rings. The molecule has 73 heavy (non-hydrogen) atoms. The van der Waals surface area contributed by atoms with E-state index in [4.69, 9.17) is 30.8 Å². The summed E-state index contributed by atoms with van der Waals surface area (Å²) in [5.41, 5.74) is 6.30. The zero-order valence-corrected chi connectivity index (χ0v) is 43.2. The predicted molar refractivity (Wildman–Crippen MR) is 299 cm³/mol. The molecule has 0 saturated carbocycles. The van der Waals surface area contributed by atoms with Crippen molar-refractivity contribution < 1.29 is 28.5 Å². The van der Waals surface area contributed by atoms with Crippen LogP contribution >= 0.6 is 42.9 Å². The van der Waals surface area contributed by atoms with Gasteiger partial charge in [-0.25, -0.2) is 14.4 Å². The number of nitrogens with one attached hydrogen (secondary N) is 1. The Hall–Kier alpha value is -7.62. The Morgan fingerprint density at radius 2 is 0.932 bits per heavy atom. The highest BCUT2D eigenvalue weighted by Crippen LogP contribution is 2.42. The monoisotopic (exact) mass is 1070 g/mol. The summed E-state index contributed by atoms with van der Waals surface area (Å²) in [5.74, 6) is 0. The zero-order chi connectivity index (χ0) is 49.3. The molecule has 8 aromatic carbocycles. The standard InChI is InChI=1S/C30H24N2O3.C23H21NO3.C7H4BrN.2H2S/c31-20-23-16-18-27(19-17-23)32-21-28(35-29(32)33)22-34-30(24-10-4-1-5-11-24,25-12-6-2-7-13-25)26-14-8-3-9-15-26;25-22-24-16-21(27-22)17-26-23(18-10-4-1-5-11-18,19-12-6-2-7-13-19)20-14-8-3-9-15-20;1-9-7-4-2-6(8)3-5-7;;/h1-19,28H,21-22H2;1-15,21H,16-17H2,(H,24,25);2-5H;2*1H2/t28-;21-;;;/m00.../s1. The Morgan fingerprint density at radius 3 is 1.26 bits per heavy atom. The summed E-state index contributed by atoms with van der Waals surface area (Å²) in [4.78, 5) is 28.9. The molecule has 8 aromatic rings. The minimum atomic E-state index is -0.877. The molecule has 0 spiro atoms. The maximum Gasteiger partial charge on any atom is 0.414 e. The quantitative estimate of drug-likeness (QED) is 0.0903. The molecule has 2 fully saturated rings. The number of ether oxygens (including phenoxy) is 4. The third kappa shape index (κ3) is 13.3. The van der Waals surface area contributed by atoms with E-state index in [1.807, 2.05) is 121 Å². The lowest BCUT2D eigenvalue weighted by Crippen LogP contribution is -2.36. The number of rotatable bonds is 13. The van der Waals surface area contributed by atoms with Gasteiger partial charge in [-0.15, -0.1) is 0 Å². The van der Waals surface area contributed by atoms with E-state index in [0.717, 1.165) is 37.9 Å². The number of halogens is 1. The summed E-state index contributed by atoms with van der Waals surface area (Å²) in [7, 11) is 0. The summed E-state index contributed by atoms with van der Waals surface area (Å²) in [5, 5.41) is 11.7. The molecule has 2 amide bonds. The summed E-state index contributed by atoms with van der Waals surface area (Å²) in [6, 6.07) is 77.0. The van der Waals surface area contributed by atoms with E-state index in [0.29, 0.717) is 30.0 Å². The van der Waals surface area contributed by atoms with Crippen molar-refractivity contribution in [3.63, 3.8) is 0 Å². The second-order valence-corrected chi connectivity index (χ2v) is 17.4. The van der Waals surface area contributed by atoms with Gasteiger partial charge in [-0.05, 0) is 57.6 Å². The van der Waals surface area contributed by atoms with Gasteiger partial charge in [-0.2, -0.15) is 32.3 Å². The summed E-state index contributed by atoms with van der Waals surface area (Å²) in [6.07, 6.45) is -1.58. The maximum atomic E-state index is 12.7. The van der Waals surface area contributed by atoms with Crippen LogP contribution in [-0.4, -0.2) is 50.7 Å². The number of hydrogen-bond donors (Lipinski definition) is 1. The Balaban J connectivity index is 0.000000203. The summed E-state index contributed by atoms with van der Waals surface area (Å²) < 4.78 is 25.4. The molecule has 10 nitrogen and oxygen atoms in total. The van der Waals surface area contributed by atoms with Crippen molar-refractivity contribution in [1.82, 2.24) is 5.32 Å². The van der Waals surface area contributed by atoms with Gasteiger partial charge in [0.05, 0.1) is 44.5 Å². The Kier molecular flexibility index (Phi) is 20.0. The lowest BCUT2D eigenvalue weighted by atomic mass is 9.80. The van der Waals surface area contributed by atoms with Crippen molar-refractivity contribution in [2.75, 3.05) is 31.2 Å². The van der Waals surface area contributed by atoms with Gasteiger partial charge < -0.3 is 24.3 Å².